The third-order valence-electron chi connectivity index (χ3n) is 2.74. The van der Waals surface area contributed by atoms with Crippen molar-refractivity contribution < 1.29 is 4.79 Å². The largest absolute Gasteiger partial charge is 0.368 e. The van der Waals surface area contributed by atoms with E-state index in [0.29, 0.717) is 29.6 Å². The van der Waals surface area contributed by atoms with Gasteiger partial charge in [0.2, 0.25) is 5.91 Å². The van der Waals surface area contributed by atoms with Gasteiger partial charge >= 0.3 is 0 Å². The Kier molecular flexibility index (Phi) is 3.73. The molecule has 1 amide bonds. The molecule has 0 aromatic carbocycles. The topological polar surface area (TPSA) is 108 Å². The molecule has 8 nitrogen and oxygen atoms in total. The molecule has 0 unspecified atom stereocenters. The Morgan fingerprint density at radius 3 is 3.05 bits per heavy atom. The number of H-pyrrole nitrogens is 1. The molecule has 0 radical (unpaired) electrons. The van der Waals surface area contributed by atoms with Gasteiger partial charge in [0.05, 0.1) is 6.33 Å². The molecule has 0 aliphatic heterocycles. The average molecular weight is 303 g/mol. The van der Waals surface area contributed by atoms with Crippen LogP contribution in [0.5, 0.6) is 0 Å². The molecule has 0 saturated heterocycles. The number of aromatic nitrogens is 5. The molecule has 21 heavy (non-hydrogen) atoms. The van der Waals surface area contributed by atoms with Crippen LogP contribution in [0.25, 0.3) is 11.2 Å². The normalized spacial score (nSPS) is 10.7. The minimum Gasteiger partial charge on any atom is -0.368 e. The summed E-state index contributed by atoms with van der Waals surface area (Å²) in [7, 11) is 0. The maximum atomic E-state index is 11.8. The lowest BCUT2D eigenvalue weighted by molar-refractivity contribution is -0.115. The number of thiazole rings is 1. The van der Waals surface area contributed by atoms with E-state index in [1.165, 1.54) is 17.7 Å². The van der Waals surface area contributed by atoms with Gasteiger partial charge in [0, 0.05) is 24.0 Å². The van der Waals surface area contributed by atoms with E-state index in [1.54, 1.807) is 12.5 Å². The Morgan fingerprint density at radius 1 is 1.33 bits per heavy atom. The molecule has 3 heterocycles. The predicted molar refractivity (Wildman–Crippen MR) is 80.3 cm³/mol. The Labute approximate surface area is 124 Å². The number of amides is 1. The molecule has 3 rings (SSSR count). The lowest BCUT2D eigenvalue weighted by Crippen LogP contribution is -2.16. The summed E-state index contributed by atoms with van der Waals surface area (Å²) in [6, 6.07) is 0. The van der Waals surface area contributed by atoms with Gasteiger partial charge in [-0.2, -0.15) is 0 Å². The van der Waals surface area contributed by atoms with Crippen LogP contribution in [0.3, 0.4) is 0 Å². The summed E-state index contributed by atoms with van der Waals surface area (Å²) in [4.78, 5) is 32.1. The van der Waals surface area contributed by atoms with E-state index in [-0.39, 0.29) is 5.91 Å². The van der Waals surface area contributed by atoms with Crippen molar-refractivity contribution in [1.29, 1.82) is 0 Å². The highest BCUT2D eigenvalue weighted by Gasteiger charge is 2.08. The van der Waals surface area contributed by atoms with Crippen LogP contribution in [0.15, 0.2) is 18.9 Å². The van der Waals surface area contributed by atoms with Gasteiger partial charge in [-0.25, -0.2) is 19.9 Å². The second-order valence-electron chi connectivity index (χ2n) is 4.32. The number of carbonyl (C=O) groups is 1. The fourth-order valence-corrected chi connectivity index (χ4v) is 2.47. The van der Waals surface area contributed by atoms with Gasteiger partial charge in [-0.1, -0.05) is 0 Å². The first-order chi connectivity index (χ1) is 10.2. The summed E-state index contributed by atoms with van der Waals surface area (Å²) in [5.41, 5.74) is 1.32. The molecular formula is C12H13N7OS. The Morgan fingerprint density at radius 2 is 2.24 bits per heavy atom. The van der Waals surface area contributed by atoms with Crippen molar-refractivity contribution in [3.05, 3.63) is 23.7 Å². The number of aryl methyl sites for hydroxylation is 1. The number of carbonyl (C=O) groups excluding carboxylic acids is 1. The Balaban J connectivity index is 1.54. The number of imidazole rings is 1. The summed E-state index contributed by atoms with van der Waals surface area (Å²) in [5.74, 6) is 0.544. The Hall–Kier alpha value is -2.55. The van der Waals surface area contributed by atoms with Crippen molar-refractivity contribution >= 4 is 39.4 Å². The van der Waals surface area contributed by atoms with Crippen molar-refractivity contribution in [2.45, 2.75) is 13.3 Å². The maximum Gasteiger partial charge on any atom is 0.227 e. The fourth-order valence-electron chi connectivity index (χ4n) is 1.79. The molecule has 108 valence electrons. The first-order valence-corrected chi connectivity index (χ1v) is 7.14. The van der Waals surface area contributed by atoms with E-state index in [9.17, 15) is 4.79 Å². The zero-order chi connectivity index (χ0) is 14.7. The van der Waals surface area contributed by atoms with E-state index in [1.807, 2.05) is 6.92 Å². The van der Waals surface area contributed by atoms with E-state index in [0.717, 1.165) is 10.4 Å². The van der Waals surface area contributed by atoms with Crippen LogP contribution in [0.2, 0.25) is 0 Å². The van der Waals surface area contributed by atoms with Crippen LogP contribution >= 0.6 is 11.3 Å². The lowest BCUT2D eigenvalue weighted by atomic mass is 10.4. The molecule has 3 N–H and O–H groups in total. The third kappa shape index (κ3) is 3.14. The first kappa shape index (κ1) is 13.4. The van der Waals surface area contributed by atoms with Crippen LogP contribution in [-0.4, -0.2) is 37.4 Å². The number of fused-ring (bicyclic) bond motifs is 1. The molecule has 0 aliphatic carbocycles. The zero-order valence-corrected chi connectivity index (χ0v) is 12.1. The molecular weight excluding hydrogens is 290 g/mol. The number of nitrogens with one attached hydrogen (secondary N) is 3. The third-order valence-corrected chi connectivity index (χ3v) is 3.56. The van der Waals surface area contributed by atoms with Crippen LogP contribution in [0.4, 0.5) is 10.9 Å². The van der Waals surface area contributed by atoms with E-state index in [4.69, 9.17) is 0 Å². The number of nitrogens with zero attached hydrogens (tertiary/aromatic N) is 4. The summed E-state index contributed by atoms with van der Waals surface area (Å²) in [6.07, 6.45) is 5.04. The van der Waals surface area contributed by atoms with Crippen molar-refractivity contribution in [3.63, 3.8) is 0 Å². The molecule has 0 atom stereocenters. The highest BCUT2D eigenvalue weighted by atomic mass is 32.1. The number of rotatable bonds is 5. The van der Waals surface area contributed by atoms with Gasteiger partial charge in [0.25, 0.3) is 0 Å². The molecule has 3 aromatic heterocycles. The summed E-state index contributed by atoms with van der Waals surface area (Å²) >= 11 is 1.45. The highest BCUT2D eigenvalue weighted by molar-refractivity contribution is 7.15. The molecule has 0 bridgehead atoms. The van der Waals surface area contributed by atoms with Crippen LogP contribution in [-0.2, 0) is 4.79 Å². The van der Waals surface area contributed by atoms with E-state index >= 15 is 0 Å². The van der Waals surface area contributed by atoms with Crippen LogP contribution in [0, 0.1) is 6.92 Å². The van der Waals surface area contributed by atoms with Gasteiger partial charge in [-0.3, -0.25) is 4.79 Å². The monoisotopic (exact) mass is 303 g/mol. The molecule has 0 spiro atoms. The number of hydrogen-bond acceptors (Lipinski definition) is 7. The fraction of sp³-hybridized carbons (Fsp3) is 0.250. The number of hydrogen-bond donors (Lipinski definition) is 3. The van der Waals surface area contributed by atoms with Crippen molar-refractivity contribution in [3.8, 4) is 0 Å². The van der Waals surface area contributed by atoms with Gasteiger partial charge in [-0.05, 0) is 6.92 Å². The van der Waals surface area contributed by atoms with Gasteiger partial charge in [0.15, 0.2) is 16.6 Å². The summed E-state index contributed by atoms with van der Waals surface area (Å²) in [6.45, 7) is 2.40. The van der Waals surface area contributed by atoms with E-state index in [2.05, 4.69) is 35.6 Å². The SMILES string of the molecule is Cc1cnc(NC(=O)CCNc2ncnc3nc[nH]c23)s1. The van der Waals surface area contributed by atoms with Gasteiger partial charge in [0.1, 0.15) is 11.8 Å². The minimum absolute atomic E-state index is 0.0910. The number of aromatic amines is 1. The zero-order valence-electron chi connectivity index (χ0n) is 11.3. The average Bonchev–Trinajstić information content (AvgIpc) is 3.08. The molecule has 9 heteroatoms. The quantitative estimate of drug-likeness (QED) is 0.660. The smallest absolute Gasteiger partial charge is 0.227 e. The number of anilines is 2. The van der Waals surface area contributed by atoms with Gasteiger partial charge in [-0.15, -0.1) is 11.3 Å². The second kappa shape index (κ2) is 5.83. The molecule has 0 fully saturated rings. The summed E-state index contributed by atoms with van der Waals surface area (Å²) in [5, 5.41) is 6.47. The Bertz CT molecular complexity index is 766. The standard InChI is InChI=1S/C12H13N7OS/c1-7-4-14-12(21-7)19-8(20)2-3-13-10-9-11(16-5-15-9)18-6-17-10/h4-6H,2-3H2,1H3,(H,14,19,20)(H2,13,15,16,17,18). The second-order valence-corrected chi connectivity index (χ2v) is 5.56. The van der Waals surface area contributed by atoms with Crippen molar-refractivity contribution in [2.75, 3.05) is 17.2 Å². The highest BCUT2D eigenvalue weighted by Crippen LogP contribution is 2.17. The van der Waals surface area contributed by atoms with Crippen LogP contribution < -0.4 is 10.6 Å². The van der Waals surface area contributed by atoms with Crippen LogP contribution in [0.1, 0.15) is 11.3 Å². The molecule has 0 aliphatic rings. The van der Waals surface area contributed by atoms with Crippen molar-refractivity contribution in [2.24, 2.45) is 0 Å². The minimum atomic E-state index is -0.0910. The van der Waals surface area contributed by atoms with E-state index < -0.39 is 0 Å². The lowest BCUT2D eigenvalue weighted by Gasteiger charge is -2.05. The predicted octanol–water partition coefficient (Wildman–Crippen LogP) is 1.56. The summed E-state index contributed by atoms with van der Waals surface area (Å²) < 4.78 is 0. The first-order valence-electron chi connectivity index (χ1n) is 6.32. The molecule has 0 saturated carbocycles. The maximum absolute atomic E-state index is 11.8. The van der Waals surface area contributed by atoms with Gasteiger partial charge < -0.3 is 15.6 Å². The molecule has 3 aromatic rings. The van der Waals surface area contributed by atoms with Crippen molar-refractivity contribution in [1.82, 2.24) is 24.9 Å².